The minimum Gasteiger partial charge on any atom is -0.361 e. The van der Waals surface area contributed by atoms with Crippen LogP contribution in [0.3, 0.4) is 0 Å². The van der Waals surface area contributed by atoms with E-state index in [1.807, 2.05) is 11.0 Å². The molecule has 5 nitrogen and oxygen atoms in total. The van der Waals surface area contributed by atoms with E-state index in [1.54, 1.807) is 4.90 Å². The van der Waals surface area contributed by atoms with Gasteiger partial charge in [0, 0.05) is 48.8 Å². The number of fused-ring (bicyclic) bond motifs is 1. The maximum absolute atomic E-state index is 13.2. The van der Waals surface area contributed by atoms with Gasteiger partial charge in [0.1, 0.15) is 5.82 Å². The maximum Gasteiger partial charge on any atom is 0.253 e. The normalized spacial score (nSPS) is 20.0. The minimum atomic E-state index is -0.357. The lowest BCUT2D eigenvalue weighted by molar-refractivity contribution is -0.138. The van der Waals surface area contributed by atoms with E-state index in [1.165, 1.54) is 35.2 Å². The van der Waals surface area contributed by atoms with Crippen LogP contribution < -0.4 is 0 Å². The number of hydrogen-bond donors (Lipinski definition) is 1. The Morgan fingerprint density at radius 1 is 0.906 bits per heavy atom. The lowest BCUT2D eigenvalue weighted by atomic mass is 9.88. The van der Waals surface area contributed by atoms with Gasteiger partial charge in [-0.05, 0) is 67.5 Å². The molecule has 1 N–H and O–H groups in total. The largest absolute Gasteiger partial charge is 0.361 e. The number of aromatic nitrogens is 1. The fraction of sp³-hybridized carbons (Fsp3) is 0.385. The Hall–Kier alpha value is -3.15. The van der Waals surface area contributed by atoms with E-state index < -0.39 is 0 Å². The summed E-state index contributed by atoms with van der Waals surface area (Å²) < 4.78 is 13.2. The van der Waals surface area contributed by atoms with E-state index >= 15 is 0 Å². The van der Waals surface area contributed by atoms with Crippen molar-refractivity contribution in [1.29, 1.82) is 0 Å². The molecule has 5 rings (SSSR count). The molecule has 2 fully saturated rings. The van der Waals surface area contributed by atoms with E-state index in [0.717, 1.165) is 44.3 Å². The Morgan fingerprint density at radius 2 is 1.66 bits per heavy atom. The van der Waals surface area contributed by atoms with Crippen molar-refractivity contribution in [2.24, 2.45) is 5.92 Å². The van der Waals surface area contributed by atoms with Crippen molar-refractivity contribution in [1.82, 2.24) is 14.8 Å². The molecule has 2 aliphatic heterocycles. The van der Waals surface area contributed by atoms with Crippen molar-refractivity contribution in [3.8, 4) is 0 Å². The van der Waals surface area contributed by atoms with Crippen LogP contribution >= 0.6 is 0 Å². The fourth-order valence-corrected chi connectivity index (χ4v) is 5.24. The van der Waals surface area contributed by atoms with E-state index in [2.05, 4.69) is 29.4 Å². The number of halogens is 1. The van der Waals surface area contributed by atoms with Crippen LogP contribution in [0.4, 0.5) is 4.39 Å². The lowest BCUT2D eigenvalue weighted by Crippen LogP contribution is -2.48. The van der Waals surface area contributed by atoms with Gasteiger partial charge in [-0.1, -0.05) is 18.2 Å². The van der Waals surface area contributed by atoms with Gasteiger partial charge in [0.2, 0.25) is 5.91 Å². The number of carbonyl (C=O) groups excluding carboxylic acids is 2. The average molecular weight is 434 g/mol. The standard InChI is InChI=1S/C26H28FN3O2/c27-21-9-7-19(8-10-21)25(31)30-13-3-4-20(17-30)26(32)29-14-11-18(12-15-29)23-16-28-24-6-2-1-5-22(23)24/h1-2,5-10,16,18,20,28H,3-4,11-15,17H2. The van der Waals surface area contributed by atoms with Crippen LogP contribution in [-0.4, -0.2) is 52.8 Å². The molecule has 3 heterocycles. The van der Waals surface area contributed by atoms with Gasteiger partial charge in [0.05, 0.1) is 5.92 Å². The zero-order valence-electron chi connectivity index (χ0n) is 18.1. The number of benzene rings is 2. The first-order chi connectivity index (χ1) is 15.6. The third kappa shape index (κ3) is 4.01. The monoisotopic (exact) mass is 433 g/mol. The molecular formula is C26H28FN3O2. The molecule has 2 saturated heterocycles. The lowest BCUT2D eigenvalue weighted by Gasteiger charge is -2.38. The molecule has 2 amide bonds. The summed E-state index contributed by atoms with van der Waals surface area (Å²) in [4.78, 5) is 33.2. The maximum atomic E-state index is 13.2. The molecule has 1 unspecified atom stereocenters. The zero-order valence-corrected chi connectivity index (χ0v) is 18.1. The summed E-state index contributed by atoms with van der Waals surface area (Å²) in [6.45, 7) is 2.59. The molecule has 2 aromatic carbocycles. The quantitative estimate of drug-likeness (QED) is 0.658. The van der Waals surface area contributed by atoms with Gasteiger partial charge >= 0.3 is 0 Å². The zero-order chi connectivity index (χ0) is 22.1. The molecular weight excluding hydrogens is 405 g/mol. The van der Waals surface area contributed by atoms with Crippen molar-refractivity contribution in [2.75, 3.05) is 26.2 Å². The van der Waals surface area contributed by atoms with Gasteiger partial charge in [-0.25, -0.2) is 4.39 Å². The summed E-state index contributed by atoms with van der Waals surface area (Å²) in [5.41, 5.74) is 2.98. The summed E-state index contributed by atoms with van der Waals surface area (Å²) in [6, 6.07) is 14.0. The Balaban J connectivity index is 1.20. The van der Waals surface area contributed by atoms with Crippen LogP contribution in [0.25, 0.3) is 10.9 Å². The Bertz CT molecular complexity index is 1120. The smallest absolute Gasteiger partial charge is 0.253 e. The predicted molar refractivity (Wildman–Crippen MR) is 122 cm³/mol. The molecule has 0 bridgehead atoms. The second kappa shape index (κ2) is 8.77. The molecule has 166 valence electrons. The van der Waals surface area contributed by atoms with E-state index in [0.29, 0.717) is 24.6 Å². The minimum absolute atomic E-state index is 0.124. The molecule has 0 saturated carbocycles. The molecule has 1 atom stereocenters. The van der Waals surface area contributed by atoms with Gasteiger partial charge in [0.15, 0.2) is 0 Å². The number of amides is 2. The summed E-state index contributed by atoms with van der Waals surface area (Å²) in [6.07, 6.45) is 5.66. The highest BCUT2D eigenvalue weighted by molar-refractivity contribution is 5.94. The molecule has 2 aliphatic rings. The number of likely N-dealkylation sites (tertiary alicyclic amines) is 2. The average Bonchev–Trinajstić information content (AvgIpc) is 3.28. The molecule has 6 heteroatoms. The predicted octanol–water partition coefficient (Wildman–Crippen LogP) is 4.57. The first-order valence-electron chi connectivity index (χ1n) is 11.5. The molecule has 3 aromatic rings. The van der Waals surface area contributed by atoms with Crippen LogP contribution in [-0.2, 0) is 4.79 Å². The van der Waals surface area contributed by atoms with Crippen LogP contribution in [0.2, 0.25) is 0 Å². The summed E-state index contributed by atoms with van der Waals surface area (Å²) in [5.74, 6) is -0.0142. The first kappa shape index (κ1) is 20.7. The third-order valence-electron chi connectivity index (χ3n) is 7.02. The van der Waals surface area contributed by atoms with Crippen LogP contribution in [0.5, 0.6) is 0 Å². The van der Waals surface area contributed by atoms with Crippen molar-refractivity contribution < 1.29 is 14.0 Å². The van der Waals surface area contributed by atoms with Crippen molar-refractivity contribution >= 4 is 22.7 Å². The summed E-state index contributed by atoms with van der Waals surface area (Å²) in [5, 5.41) is 1.28. The van der Waals surface area contributed by atoms with Crippen LogP contribution in [0, 0.1) is 11.7 Å². The van der Waals surface area contributed by atoms with Gasteiger partial charge in [-0.2, -0.15) is 0 Å². The molecule has 0 spiro atoms. The molecule has 0 aliphatic carbocycles. The van der Waals surface area contributed by atoms with E-state index in [4.69, 9.17) is 0 Å². The highest BCUT2D eigenvalue weighted by atomic mass is 19.1. The first-order valence-corrected chi connectivity index (χ1v) is 11.5. The van der Waals surface area contributed by atoms with Gasteiger partial charge in [0.25, 0.3) is 5.91 Å². The number of aromatic amines is 1. The number of H-pyrrole nitrogens is 1. The Morgan fingerprint density at radius 3 is 2.44 bits per heavy atom. The number of nitrogens with one attached hydrogen (secondary N) is 1. The Kier molecular flexibility index (Phi) is 5.68. The third-order valence-corrected chi connectivity index (χ3v) is 7.02. The van der Waals surface area contributed by atoms with E-state index in [9.17, 15) is 14.0 Å². The SMILES string of the molecule is O=C(c1ccc(F)cc1)N1CCCC(C(=O)N2CCC(c3c[nH]c4ccccc34)CC2)C1. The molecule has 0 radical (unpaired) electrons. The number of hydrogen-bond acceptors (Lipinski definition) is 2. The number of piperidine rings is 2. The van der Waals surface area contributed by atoms with E-state index in [-0.39, 0.29) is 23.5 Å². The number of rotatable bonds is 3. The highest BCUT2D eigenvalue weighted by Crippen LogP contribution is 2.34. The van der Waals surface area contributed by atoms with Gasteiger partial charge in [-0.3, -0.25) is 9.59 Å². The number of para-hydroxylation sites is 1. The van der Waals surface area contributed by atoms with Crippen LogP contribution in [0.1, 0.15) is 47.5 Å². The fourth-order valence-electron chi connectivity index (χ4n) is 5.24. The topological polar surface area (TPSA) is 56.4 Å². The van der Waals surface area contributed by atoms with Crippen molar-refractivity contribution in [2.45, 2.75) is 31.6 Å². The van der Waals surface area contributed by atoms with Gasteiger partial charge in [-0.15, -0.1) is 0 Å². The summed E-state index contributed by atoms with van der Waals surface area (Å²) >= 11 is 0. The highest BCUT2D eigenvalue weighted by Gasteiger charge is 2.33. The Labute approximate surface area is 187 Å². The summed E-state index contributed by atoms with van der Waals surface area (Å²) in [7, 11) is 0. The number of nitrogens with zero attached hydrogens (tertiary/aromatic N) is 2. The second-order valence-corrected chi connectivity index (χ2v) is 8.99. The molecule has 1 aromatic heterocycles. The van der Waals surface area contributed by atoms with Gasteiger partial charge < -0.3 is 14.8 Å². The molecule has 32 heavy (non-hydrogen) atoms. The van der Waals surface area contributed by atoms with Crippen molar-refractivity contribution in [3.05, 3.63) is 71.7 Å². The number of carbonyl (C=O) groups is 2. The van der Waals surface area contributed by atoms with Crippen LogP contribution in [0.15, 0.2) is 54.7 Å². The second-order valence-electron chi connectivity index (χ2n) is 8.99. The van der Waals surface area contributed by atoms with Crippen molar-refractivity contribution in [3.63, 3.8) is 0 Å².